The maximum absolute atomic E-state index is 14.1. The molecule has 0 saturated heterocycles. The molecule has 0 bridgehead atoms. The molecule has 0 spiro atoms. The molecular formula is C19H17FN2O. The van der Waals surface area contributed by atoms with Crippen molar-refractivity contribution in [2.75, 3.05) is 0 Å². The highest BCUT2D eigenvalue weighted by Crippen LogP contribution is 2.48. The fraction of sp³-hybridized carbons (Fsp3) is 0.263. The first-order valence-corrected chi connectivity index (χ1v) is 7.76. The topological polar surface area (TPSA) is 45.8 Å². The minimum atomic E-state index is -0.298. The van der Waals surface area contributed by atoms with Gasteiger partial charge in [0.25, 0.3) is 0 Å². The van der Waals surface area contributed by atoms with Gasteiger partial charge in [0.15, 0.2) is 5.43 Å². The summed E-state index contributed by atoms with van der Waals surface area (Å²) in [5, 5.41) is 0.563. The molecule has 4 heteroatoms. The van der Waals surface area contributed by atoms with E-state index in [1.807, 2.05) is 13.0 Å². The van der Waals surface area contributed by atoms with Crippen LogP contribution in [0.15, 0.2) is 41.5 Å². The summed E-state index contributed by atoms with van der Waals surface area (Å²) in [4.78, 5) is 20.2. The predicted molar refractivity (Wildman–Crippen MR) is 89.1 cm³/mol. The van der Waals surface area contributed by atoms with Gasteiger partial charge in [-0.05, 0) is 54.5 Å². The molecule has 3 nitrogen and oxygen atoms in total. The quantitative estimate of drug-likeness (QED) is 0.775. The predicted octanol–water partition coefficient (Wildman–Crippen LogP) is 4.09. The molecule has 0 amide bonds. The molecule has 1 fully saturated rings. The van der Waals surface area contributed by atoms with Gasteiger partial charge in [-0.15, -0.1) is 0 Å². The number of fused-ring (bicyclic) bond motifs is 1. The van der Waals surface area contributed by atoms with Crippen LogP contribution in [0.4, 0.5) is 4.39 Å². The number of pyridine rings is 2. The number of benzene rings is 1. The van der Waals surface area contributed by atoms with E-state index in [2.05, 4.69) is 16.9 Å². The van der Waals surface area contributed by atoms with E-state index in [4.69, 9.17) is 0 Å². The first-order chi connectivity index (χ1) is 11.0. The number of nitrogens with zero attached hydrogens (tertiary/aromatic N) is 1. The molecule has 116 valence electrons. The molecule has 0 aliphatic heterocycles. The van der Waals surface area contributed by atoms with Crippen molar-refractivity contribution < 1.29 is 4.39 Å². The summed E-state index contributed by atoms with van der Waals surface area (Å²) in [7, 11) is 0. The zero-order valence-electron chi connectivity index (χ0n) is 13.1. The van der Waals surface area contributed by atoms with Crippen LogP contribution in [-0.2, 0) is 5.41 Å². The molecule has 1 aliphatic carbocycles. The SMILES string of the molecule is Cc1nccc2[nH]cc(-c3cc(F)cc(C4(C)CC4)c3)c(=O)c12. The molecule has 23 heavy (non-hydrogen) atoms. The lowest BCUT2D eigenvalue weighted by molar-refractivity contribution is 0.621. The first kappa shape index (κ1) is 14.1. The Bertz CT molecular complexity index is 986. The molecule has 2 aromatic heterocycles. The molecule has 4 rings (SSSR count). The second-order valence-corrected chi connectivity index (χ2v) is 6.64. The Hall–Kier alpha value is -2.49. The Morgan fingerprint density at radius 3 is 2.78 bits per heavy atom. The summed E-state index contributed by atoms with van der Waals surface area (Å²) in [6.45, 7) is 3.94. The Labute approximate surface area is 133 Å². The first-order valence-electron chi connectivity index (χ1n) is 7.76. The summed E-state index contributed by atoms with van der Waals surface area (Å²) >= 11 is 0. The van der Waals surface area contributed by atoms with Gasteiger partial charge in [0, 0.05) is 18.0 Å². The monoisotopic (exact) mass is 308 g/mol. The molecule has 1 saturated carbocycles. The van der Waals surface area contributed by atoms with Crippen molar-refractivity contribution in [3.05, 3.63) is 64.0 Å². The van der Waals surface area contributed by atoms with Crippen molar-refractivity contribution in [2.24, 2.45) is 0 Å². The van der Waals surface area contributed by atoms with Gasteiger partial charge in [-0.1, -0.05) is 13.0 Å². The Balaban J connectivity index is 1.97. The maximum atomic E-state index is 14.1. The van der Waals surface area contributed by atoms with Gasteiger partial charge in [-0.25, -0.2) is 4.39 Å². The molecule has 1 N–H and O–H groups in total. The summed E-state index contributed by atoms with van der Waals surface area (Å²) in [6, 6.07) is 6.73. The van der Waals surface area contributed by atoms with Crippen LogP contribution in [0, 0.1) is 12.7 Å². The van der Waals surface area contributed by atoms with Crippen molar-refractivity contribution in [3.63, 3.8) is 0 Å². The summed E-state index contributed by atoms with van der Waals surface area (Å²) in [6.07, 6.45) is 5.46. The van der Waals surface area contributed by atoms with Gasteiger partial charge < -0.3 is 4.98 Å². The average Bonchev–Trinajstić information content (AvgIpc) is 3.26. The summed E-state index contributed by atoms with van der Waals surface area (Å²) < 4.78 is 14.1. The molecule has 1 aliphatic rings. The number of aromatic nitrogens is 2. The second kappa shape index (κ2) is 4.75. The third kappa shape index (κ3) is 2.25. The number of H-pyrrole nitrogens is 1. The Morgan fingerprint density at radius 1 is 1.26 bits per heavy atom. The van der Waals surface area contributed by atoms with Gasteiger partial charge in [0.1, 0.15) is 5.82 Å². The standard InChI is InChI=1S/C19H17FN2O/c1-11-17-16(3-6-21-11)22-10-15(18(17)23)12-7-13(9-14(20)8-12)19(2)4-5-19/h3,6-10H,4-5H2,1-2H3,(H,22,23). The van der Waals surface area contributed by atoms with Gasteiger partial charge in [-0.3, -0.25) is 9.78 Å². The summed E-state index contributed by atoms with van der Waals surface area (Å²) in [5.41, 5.74) is 3.45. The van der Waals surface area contributed by atoms with E-state index in [1.165, 1.54) is 6.07 Å². The van der Waals surface area contributed by atoms with E-state index in [9.17, 15) is 9.18 Å². The van der Waals surface area contributed by atoms with Crippen molar-refractivity contribution in [2.45, 2.75) is 32.1 Å². The van der Waals surface area contributed by atoms with Crippen LogP contribution in [0.3, 0.4) is 0 Å². The van der Waals surface area contributed by atoms with E-state index in [0.29, 0.717) is 22.2 Å². The van der Waals surface area contributed by atoms with Crippen molar-refractivity contribution in [1.29, 1.82) is 0 Å². The van der Waals surface area contributed by atoms with Crippen molar-refractivity contribution in [3.8, 4) is 11.1 Å². The highest BCUT2D eigenvalue weighted by Gasteiger charge is 2.39. The number of aromatic amines is 1. The highest BCUT2D eigenvalue weighted by molar-refractivity contribution is 5.85. The second-order valence-electron chi connectivity index (χ2n) is 6.64. The lowest BCUT2D eigenvalue weighted by atomic mass is 9.94. The lowest BCUT2D eigenvalue weighted by Gasteiger charge is -2.12. The van der Waals surface area contributed by atoms with Crippen LogP contribution >= 0.6 is 0 Å². The fourth-order valence-corrected chi connectivity index (χ4v) is 3.11. The third-order valence-electron chi connectivity index (χ3n) is 4.89. The lowest BCUT2D eigenvalue weighted by Crippen LogP contribution is -2.09. The van der Waals surface area contributed by atoms with E-state index in [0.717, 1.165) is 23.9 Å². The highest BCUT2D eigenvalue weighted by atomic mass is 19.1. The molecule has 0 radical (unpaired) electrons. The molecule has 0 atom stereocenters. The number of rotatable bonds is 2. The number of halogens is 1. The average molecular weight is 308 g/mol. The van der Waals surface area contributed by atoms with Crippen molar-refractivity contribution in [1.82, 2.24) is 9.97 Å². The van der Waals surface area contributed by atoms with E-state index >= 15 is 0 Å². The number of hydrogen-bond donors (Lipinski definition) is 1. The summed E-state index contributed by atoms with van der Waals surface area (Å²) in [5.74, 6) is -0.298. The van der Waals surface area contributed by atoms with Gasteiger partial charge in [0.05, 0.1) is 16.6 Å². The normalized spacial score (nSPS) is 15.8. The van der Waals surface area contributed by atoms with E-state index in [1.54, 1.807) is 24.5 Å². The largest absolute Gasteiger partial charge is 0.360 e. The van der Waals surface area contributed by atoms with Gasteiger partial charge >= 0.3 is 0 Å². The molecular weight excluding hydrogens is 291 g/mol. The number of nitrogens with one attached hydrogen (secondary N) is 1. The molecule has 1 aromatic carbocycles. The fourth-order valence-electron chi connectivity index (χ4n) is 3.11. The van der Waals surface area contributed by atoms with Crippen LogP contribution in [0.2, 0.25) is 0 Å². The molecule has 3 aromatic rings. The van der Waals surface area contributed by atoms with E-state index in [-0.39, 0.29) is 16.7 Å². The van der Waals surface area contributed by atoms with Crippen LogP contribution in [-0.4, -0.2) is 9.97 Å². The zero-order valence-corrected chi connectivity index (χ0v) is 13.1. The van der Waals surface area contributed by atoms with Crippen molar-refractivity contribution >= 4 is 10.9 Å². The number of hydrogen-bond acceptors (Lipinski definition) is 2. The molecule has 0 unspecified atom stereocenters. The number of aryl methyl sites for hydroxylation is 1. The minimum Gasteiger partial charge on any atom is -0.360 e. The zero-order chi connectivity index (χ0) is 16.2. The van der Waals surface area contributed by atoms with Gasteiger partial charge in [-0.2, -0.15) is 0 Å². The molecule has 2 heterocycles. The van der Waals surface area contributed by atoms with Crippen LogP contribution in [0.25, 0.3) is 22.0 Å². The Morgan fingerprint density at radius 2 is 2.04 bits per heavy atom. The van der Waals surface area contributed by atoms with E-state index < -0.39 is 0 Å². The third-order valence-corrected chi connectivity index (χ3v) is 4.89. The maximum Gasteiger partial charge on any atom is 0.199 e. The van der Waals surface area contributed by atoms with Crippen LogP contribution in [0.1, 0.15) is 31.0 Å². The Kier molecular flexibility index (Phi) is 2.92. The van der Waals surface area contributed by atoms with Crippen LogP contribution in [0.5, 0.6) is 0 Å². The smallest absolute Gasteiger partial charge is 0.199 e. The van der Waals surface area contributed by atoms with Crippen LogP contribution < -0.4 is 5.43 Å². The minimum absolute atomic E-state index is 0.0535. The van der Waals surface area contributed by atoms with Gasteiger partial charge in [0.2, 0.25) is 0 Å².